The molecule has 16 heavy (non-hydrogen) atoms. The first kappa shape index (κ1) is 12.3. The van der Waals surface area contributed by atoms with Crippen molar-refractivity contribution in [3.8, 4) is 0 Å². The Labute approximate surface area is 95.4 Å². The Balaban J connectivity index is 2.46. The maximum Gasteiger partial charge on any atom is 0.343 e. The second-order valence-corrected chi connectivity index (χ2v) is 3.48. The van der Waals surface area contributed by atoms with Crippen LogP contribution in [0.2, 0.25) is 0 Å². The van der Waals surface area contributed by atoms with Gasteiger partial charge in [0, 0.05) is 6.42 Å². The molecule has 0 bridgehead atoms. The van der Waals surface area contributed by atoms with E-state index in [2.05, 4.69) is 0 Å². The number of carbonyl (C=O) groups is 1. The lowest BCUT2D eigenvalue weighted by Crippen LogP contribution is -2.00. The highest BCUT2D eigenvalue weighted by Gasteiger charge is 2.04. The fraction of sp³-hybridized carbons (Fsp3) is 0.308. The maximum atomic E-state index is 11.4. The van der Waals surface area contributed by atoms with E-state index < -0.39 is 5.97 Å². The van der Waals surface area contributed by atoms with Gasteiger partial charge >= 0.3 is 5.97 Å². The second kappa shape index (κ2) is 6.67. The summed E-state index contributed by atoms with van der Waals surface area (Å²) in [5, 5.41) is 9.36. The van der Waals surface area contributed by atoms with Crippen molar-refractivity contribution >= 4 is 5.97 Å². The Bertz CT molecular complexity index is 355. The van der Waals surface area contributed by atoms with Crippen LogP contribution in [0.25, 0.3) is 0 Å². The molecule has 0 aliphatic carbocycles. The number of allylic oxidation sites excluding steroid dienone is 1. The topological polar surface area (TPSA) is 46.5 Å². The molecule has 0 unspecified atom stereocenters. The Morgan fingerprint density at radius 3 is 2.69 bits per heavy atom. The van der Waals surface area contributed by atoms with Crippen LogP contribution in [0.1, 0.15) is 36.5 Å². The first-order valence-electron chi connectivity index (χ1n) is 5.38. The number of benzene rings is 1. The van der Waals surface area contributed by atoms with Crippen molar-refractivity contribution in [2.24, 2.45) is 0 Å². The molecule has 0 heterocycles. The normalized spacial score (nSPS) is 11.2. The molecule has 1 rings (SSSR count). The van der Waals surface area contributed by atoms with Crippen LogP contribution in [-0.4, -0.2) is 11.1 Å². The number of aliphatic hydroxyl groups excluding tert-OH is 1. The van der Waals surface area contributed by atoms with Crippen LogP contribution in [0.3, 0.4) is 0 Å². The van der Waals surface area contributed by atoms with Gasteiger partial charge in [0.05, 0.1) is 5.56 Å². The van der Waals surface area contributed by atoms with Gasteiger partial charge in [-0.15, -0.1) is 0 Å². The first-order chi connectivity index (χ1) is 7.74. The second-order valence-electron chi connectivity index (χ2n) is 3.48. The largest absolute Gasteiger partial charge is 0.509 e. The average Bonchev–Trinajstić information content (AvgIpc) is 2.34. The van der Waals surface area contributed by atoms with E-state index in [0.717, 1.165) is 19.1 Å². The molecule has 1 N–H and O–H groups in total. The summed E-state index contributed by atoms with van der Waals surface area (Å²) >= 11 is 0. The lowest BCUT2D eigenvalue weighted by atomic mass is 10.2. The molecule has 86 valence electrons. The van der Waals surface area contributed by atoms with E-state index in [4.69, 9.17) is 4.74 Å². The molecule has 3 heteroatoms. The summed E-state index contributed by atoms with van der Waals surface area (Å²) in [5.41, 5.74) is 0.474. The van der Waals surface area contributed by atoms with E-state index in [1.165, 1.54) is 0 Å². The molecule has 0 aliphatic heterocycles. The average molecular weight is 220 g/mol. The van der Waals surface area contributed by atoms with E-state index in [1.54, 1.807) is 24.3 Å². The van der Waals surface area contributed by atoms with Gasteiger partial charge < -0.3 is 9.84 Å². The Kier molecular flexibility index (Phi) is 5.12. The van der Waals surface area contributed by atoms with E-state index >= 15 is 0 Å². The van der Waals surface area contributed by atoms with Gasteiger partial charge in [0.25, 0.3) is 0 Å². The zero-order chi connectivity index (χ0) is 11.8. The molecular formula is C13H16O3. The highest BCUT2D eigenvalue weighted by Crippen LogP contribution is 2.06. The van der Waals surface area contributed by atoms with Gasteiger partial charge in [-0.05, 0) is 18.6 Å². The van der Waals surface area contributed by atoms with Crippen LogP contribution in [0.15, 0.2) is 42.4 Å². The van der Waals surface area contributed by atoms with Crippen LogP contribution in [0.5, 0.6) is 0 Å². The van der Waals surface area contributed by atoms with Gasteiger partial charge in [-0.1, -0.05) is 31.5 Å². The minimum atomic E-state index is -0.455. The molecular weight excluding hydrogens is 204 g/mol. The van der Waals surface area contributed by atoms with E-state index in [1.807, 2.05) is 13.0 Å². The lowest BCUT2D eigenvalue weighted by molar-refractivity contribution is 0.0650. The lowest BCUT2D eigenvalue weighted by Gasteiger charge is -2.00. The predicted octanol–water partition coefficient (Wildman–Crippen LogP) is 3.43. The molecule has 1 aromatic rings. The van der Waals surface area contributed by atoms with Gasteiger partial charge in [-0.25, -0.2) is 4.79 Å². The summed E-state index contributed by atoms with van der Waals surface area (Å²) in [7, 11) is 0. The van der Waals surface area contributed by atoms with Crippen LogP contribution >= 0.6 is 0 Å². The SMILES string of the molecule is CCCC/C(O)=C/OC(=O)c1ccccc1. The fourth-order valence-corrected chi connectivity index (χ4v) is 1.18. The van der Waals surface area contributed by atoms with Crippen molar-refractivity contribution in [2.75, 3.05) is 0 Å². The molecule has 0 spiro atoms. The minimum absolute atomic E-state index is 0.103. The third-order valence-corrected chi connectivity index (χ3v) is 2.10. The number of hydrogen-bond donors (Lipinski definition) is 1. The highest BCUT2D eigenvalue weighted by molar-refractivity contribution is 5.89. The van der Waals surface area contributed by atoms with E-state index in [-0.39, 0.29) is 5.76 Å². The van der Waals surface area contributed by atoms with Gasteiger partial charge in [0.15, 0.2) is 0 Å². The third kappa shape index (κ3) is 4.17. The van der Waals surface area contributed by atoms with Gasteiger partial charge in [0.2, 0.25) is 0 Å². The fourth-order valence-electron chi connectivity index (χ4n) is 1.18. The number of ether oxygens (including phenoxy) is 1. The van der Waals surface area contributed by atoms with Crippen molar-refractivity contribution in [1.82, 2.24) is 0 Å². The third-order valence-electron chi connectivity index (χ3n) is 2.10. The first-order valence-corrected chi connectivity index (χ1v) is 5.38. The van der Waals surface area contributed by atoms with Crippen LogP contribution in [0.4, 0.5) is 0 Å². The summed E-state index contributed by atoms with van der Waals surface area (Å²) in [6.45, 7) is 2.03. The molecule has 0 atom stereocenters. The highest BCUT2D eigenvalue weighted by atomic mass is 16.5. The molecule has 0 radical (unpaired) electrons. The zero-order valence-electron chi connectivity index (χ0n) is 9.35. The van der Waals surface area contributed by atoms with E-state index in [9.17, 15) is 9.90 Å². The Morgan fingerprint density at radius 2 is 2.06 bits per heavy atom. The number of aliphatic hydroxyl groups is 1. The summed E-state index contributed by atoms with van der Waals surface area (Å²) in [5.74, 6) is -0.352. The zero-order valence-corrected chi connectivity index (χ0v) is 9.35. The Morgan fingerprint density at radius 1 is 1.38 bits per heavy atom. The molecule has 0 aliphatic rings. The van der Waals surface area contributed by atoms with Crippen molar-refractivity contribution in [3.63, 3.8) is 0 Å². The van der Waals surface area contributed by atoms with Gasteiger partial charge in [0.1, 0.15) is 12.0 Å². The standard InChI is InChI=1S/C13H16O3/c1-2-3-9-12(14)10-16-13(15)11-7-5-4-6-8-11/h4-8,10,14H,2-3,9H2,1H3/b12-10-. The summed E-state index contributed by atoms with van der Waals surface area (Å²) in [6.07, 6.45) is 3.53. The number of rotatable bonds is 5. The monoisotopic (exact) mass is 220 g/mol. The molecule has 0 aromatic heterocycles. The number of hydrogen-bond acceptors (Lipinski definition) is 3. The van der Waals surface area contributed by atoms with Crippen molar-refractivity contribution in [1.29, 1.82) is 0 Å². The van der Waals surface area contributed by atoms with E-state index in [0.29, 0.717) is 12.0 Å². The van der Waals surface area contributed by atoms with Gasteiger partial charge in [-0.3, -0.25) is 0 Å². The minimum Gasteiger partial charge on any atom is -0.509 e. The van der Waals surface area contributed by atoms with Crippen LogP contribution < -0.4 is 0 Å². The van der Waals surface area contributed by atoms with Gasteiger partial charge in [-0.2, -0.15) is 0 Å². The predicted molar refractivity (Wildman–Crippen MR) is 62.1 cm³/mol. The molecule has 3 nitrogen and oxygen atoms in total. The quantitative estimate of drug-likeness (QED) is 0.610. The molecule has 0 amide bonds. The molecule has 1 aromatic carbocycles. The van der Waals surface area contributed by atoms with Crippen molar-refractivity contribution < 1.29 is 14.6 Å². The molecule has 0 fully saturated rings. The number of unbranched alkanes of at least 4 members (excludes halogenated alkanes) is 1. The Hall–Kier alpha value is -1.77. The maximum absolute atomic E-state index is 11.4. The van der Waals surface area contributed by atoms with Crippen molar-refractivity contribution in [2.45, 2.75) is 26.2 Å². The van der Waals surface area contributed by atoms with Crippen LogP contribution in [0, 0.1) is 0 Å². The van der Waals surface area contributed by atoms with Crippen molar-refractivity contribution in [3.05, 3.63) is 47.9 Å². The number of esters is 1. The smallest absolute Gasteiger partial charge is 0.343 e. The molecule has 0 saturated carbocycles. The summed E-state index contributed by atoms with van der Waals surface area (Å²) < 4.78 is 4.84. The summed E-state index contributed by atoms with van der Waals surface area (Å²) in [6, 6.07) is 8.68. The van der Waals surface area contributed by atoms with Crippen LogP contribution in [-0.2, 0) is 4.74 Å². The molecule has 0 saturated heterocycles. The summed E-state index contributed by atoms with van der Waals surface area (Å²) in [4.78, 5) is 11.4. The number of carbonyl (C=O) groups excluding carboxylic acids is 1.